The Bertz CT molecular complexity index is 236. The van der Waals surface area contributed by atoms with E-state index in [1.807, 2.05) is 14.0 Å². The highest BCUT2D eigenvalue weighted by atomic mass is 16.2. The molecule has 0 spiro atoms. The molecule has 0 aromatic carbocycles. The van der Waals surface area contributed by atoms with E-state index >= 15 is 0 Å². The van der Waals surface area contributed by atoms with Crippen LogP contribution in [0.3, 0.4) is 0 Å². The number of rotatable bonds is 6. The van der Waals surface area contributed by atoms with Gasteiger partial charge in [0.1, 0.15) is 0 Å². The van der Waals surface area contributed by atoms with Crippen molar-refractivity contribution in [1.82, 2.24) is 15.5 Å². The van der Waals surface area contributed by atoms with Gasteiger partial charge in [0.2, 0.25) is 5.91 Å². The van der Waals surface area contributed by atoms with E-state index in [2.05, 4.69) is 22.1 Å². The zero-order chi connectivity index (χ0) is 12.0. The maximum absolute atomic E-state index is 11.7. The summed E-state index contributed by atoms with van der Waals surface area (Å²) in [6.07, 6.45) is 4.16. The van der Waals surface area contributed by atoms with E-state index in [0.717, 1.165) is 13.1 Å². The average molecular weight is 225 g/mol. The molecule has 0 radical (unpaired) electrons. The minimum Gasteiger partial charge on any atom is -0.351 e. The molecule has 1 saturated heterocycles. The Morgan fingerprint density at radius 2 is 2.50 bits per heavy atom. The first-order valence-corrected chi connectivity index (χ1v) is 5.97. The molecule has 0 aromatic heterocycles. The normalized spacial score (nSPS) is 22.1. The molecule has 1 rings (SSSR count). The molecule has 0 aliphatic carbocycles. The number of carbonyl (C=O) groups is 1. The summed E-state index contributed by atoms with van der Waals surface area (Å²) in [5, 5.41) is 6.25. The van der Waals surface area contributed by atoms with Gasteiger partial charge in [0, 0.05) is 19.1 Å². The fourth-order valence-electron chi connectivity index (χ4n) is 1.94. The van der Waals surface area contributed by atoms with Crippen molar-refractivity contribution < 1.29 is 4.79 Å². The summed E-state index contributed by atoms with van der Waals surface area (Å²) < 4.78 is 0. The van der Waals surface area contributed by atoms with Crippen molar-refractivity contribution >= 4 is 5.91 Å². The van der Waals surface area contributed by atoms with Crippen LogP contribution in [0.1, 0.15) is 19.8 Å². The number of hydrogen-bond donors (Lipinski definition) is 2. The van der Waals surface area contributed by atoms with Gasteiger partial charge in [-0.1, -0.05) is 6.08 Å². The third-order valence-electron chi connectivity index (χ3n) is 3.13. The summed E-state index contributed by atoms with van der Waals surface area (Å²) in [5.74, 6) is 0.0698. The Morgan fingerprint density at radius 3 is 3.06 bits per heavy atom. The summed E-state index contributed by atoms with van der Waals surface area (Å²) in [6.45, 7) is 8.10. The van der Waals surface area contributed by atoms with Gasteiger partial charge in [0.05, 0.1) is 6.04 Å². The third kappa shape index (κ3) is 3.94. The number of nitrogens with one attached hydrogen (secondary N) is 2. The molecule has 0 bridgehead atoms. The minimum absolute atomic E-state index is 0.0698. The lowest BCUT2D eigenvalue weighted by atomic mass is 10.2. The maximum Gasteiger partial charge on any atom is 0.237 e. The average Bonchev–Trinajstić information content (AvgIpc) is 2.77. The number of hydrogen-bond acceptors (Lipinski definition) is 3. The number of amides is 1. The zero-order valence-corrected chi connectivity index (χ0v) is 10.3. The molecular weight excluding hydrogens is 202 g/mol. The fourth-order valence-corrected chi connectivity index (χ4v) is 1.94. The lowest BCUT2D eigenvalue weighted by Gasteiger charge is -2.26. The van der Waals surface area contributed by atoms with Crippen molar-refractivity contribution in [2.45, 2.75) is 31.8 Å². The van der Waals surface area contributed by atoms with Gasteiger partial charge in [-0.2, -0.15) is 0 Å². The van der Waals surface area contributed by atoms with Crippen molar-refractivity contribution in [3.63, 3.8) is 0 Å². The SMILES string of the molecule is C=CCNC(=O)C(C)N(C)CC1CCCN1. The Morgan fingerprint density at radius 1 is 1.75 bits per heavy atom. The summed E-state index contributed by atoms with van der Waals surface area (Å²) in [5.41, 5.74) is 0. The van der Waals surface area contributed by atoms with E-state index in [4.69, 9.17) is 0 Å². The van der Waals surface area contributed by atoms with Crippen LogP contribution in [0, 0.1) is 0 Å². The molecule has 2 atom stereocenters. The second-order valence-electron chi connectivity index (χ2n) is 4.44. The Balaban J connectivity index is 2.30. The second kappa shape index (κ2) is 6.66. The van der Waals surface area contributed by atoms with Crippen LogP contribution in [0.4, 0.5) is 0 Å². The van der Waals surface area contributed by atoms with Crippen LogP contribution in [0.5, 0.6) is 0 Å². The van der Waals surface area contributed by atoms with E-state index in [1.165, 1.54) is 12.8 Å². The van der Waals surface area contributed by atoms with Crippen LogP contribution in [0.2, 0.25) is 0 Å². The van der Waals surface area contributed by atoms with E-state index < -0.39 is 0 Å². The Labute approximate surface area is 98.1 Å². The topological polar surface area (TPSA) is 44.4 Å². The standard InChI is InChI=1S/C12H23N3O/c1-4-7-14-12(16)10(2)15(3)9-11-6-5-8-13-11/h4,10-11,13H,1,5-9H2,2-3H3,(H,14,16). The van der Waals surface area contributed by atoms with Gasteiger partial charge in [-0.05, 0) is 33.4 Å². The van der Waals surface area contributed by atoms with Crippen molar-refractivity contribution in [1.29, 1.82) is 0 Å². The highest BCUT2D eigenvalue weighted by Crippen LogP contribution is 2.07. The van der Waals surface area contributed by atoms with Crippen LogP contribution in [0.15, 0.2) is 12.7 Å². The third-order valence-corrected chi connectivity index (χ3v) is 3.13. The molecule has 2 N–H and O–H groups in total. The number of carbonyl (C=O) groups excluding carboxylic acids is 1. The summed E-state index contributed by atoms with van der Waals surface area (Å²) in [6, 6.07) is 0.460. The first-order valence-electron chi connectivity index (χ1n) is 5.97. The molecule has 1 fully saturated rings. The van der Waals surface area contributed by atoms with Crippen LogP contribution in [-0.4, -0.2) is 49.6 Å². The molecule has 2 unspecified atom stereocenters. The molecule has 0 aromatic rings. The van der Waals surface area contributed by atoms with E-state index in [1.54, 1.807) is 6.08 Å². The highest BCUT2D eigenvalue weighted by Gasteiger charge is 2.22. The van der Waals surface area contributed by atoms with Gasteiger partial charge in [0.15, 0.2) is 0 Å². The van der Waals surface area contributed by atoms with Crippen molar-refractivity contribution in [3.05, 3.63) is 12.7 Å². The van der Waals surface area contributed by atoms with Gasteiger partial charge in [-0.3, -0.25) is 9.69 Å². The van der Waals surface area contributed by atoms with Crippen molar-refractivity contribution in [2.75, 3.05) is 26.7 Å². The van der Waals surface area contributed by atoms with Gasteiger partial charge in [-0.25, -0.2) is 0 Å². The molecule has 4 heteroatoms. The molecule has 4 nitrogen and oxygen atoms in total. The monoisotopic (exact) mass is 225 g/mol. The van der Waals surface area contributed by atoms with E-state index in [0.29, 0.717) is 12.6 Å². The first-order chi connectivity index (χ1) is 7.65. The quantitative estimate of drug-likeness (QED) is 0.642. The number of nitrogens with zero attached hydrogens (tertiary/aromatic N) is 1. The van der Waals surface area contributed by atoms with Crippen LogP contribution >= 0.6 is 0 Å². The second-order valence-corrected chi connectivity index (χ2v) is 4.44. The molecule has 0 saturated carbocycles. The molecular formula is C12H23N3O. The summed E-state index contributed by atoms with van der Waals surface area (Å²) >= 11 is 0. The molecule has 1 aliphatic rings. The Hall–Kier alpha value is -0.870. The predicted octanol–water partition coefficient (Wildman–Crippen LogP) is 0.361. The van der Waals surface area contributed by atoms with Crippen molar-refractivity contribution in [2.24, 2.45) is 0 Å². The van der Waals surface area contributed by atoms with Gasteiger partial charge < -0.3 is 10.6 Å². The minimum atomic E-state index is -0.0812. The summed E-state index contributed by atoms with van der Waals surface area (Å²) in [4.78, 5) is 13.8. The lowest BCUT2D eigenvalue weighted by Crippen LogP contribution is -2.47. The molecule has 92 valence electrons. The van der Waals surface area contributed by atoms with E-state index in [-0.39, 0.29) is 11.9 Å². The van der Waals surface area contributed by atoms with Crippen LogP contribution in [-0.2, 0) is 4.79 Å². The van der Waals surface area contributed by atoms with Crippen LogP contribution < -0.4 is 10.6 Å². The highest BCUT2D eigenvalue weighted by molar-refractivity contribution is 5.81. The first kappa shape index (κ1) is 13.2. The summed E-state index contributed by atoms with van der Waals surface area (Å²) in [7, 11) is 2.00. The van der Waals surface area contributed by atoms with Crippen LogP contribution in [0.25, 0.3) is 0 Å². The zero-order valence-electron chi connectivity index (χ0n) is 10.3. The van der Waals surface area contributed by atoms with E-state index in [9.17, 15) is 4.79 Å². The molecule has 1 aliphatic heterocycles. The smallest absolute Gasteiger partial charge is 0.237 e. The van der Waals surface area contributed by atoms with Gasteiger partial charge >= 0.3 is 0 Å². The fraction of sp³-hybridized carbons (Fsp3) is 0.750. The Kier molecular flexibility index (Phi) is 5.49. The van der Waals surface area contributed by atoms with Crippen molar-refractivity contribution in [3.8, 4) is 0 Å². The van der Waals surface area contributed by atoms with Gasteiger partial charge in [0.25, 0.3) is 0 Å². The predicted molar refractivity (Wildman–Crippen MR) is 66.3 cm³/mol. The lowest BCUT2D eigenvalue weighted by molar-refractivity contribution is -0.125. The van der Waals surface area contributed by atoms with Gasteiger partial charge in [-0.15, -0.1) is 6.58 Å². The number of likely N-dealkylation sites (N-methyl/N-ethyl adjacent to an activating group) is 1. The molecule has 1 heterocycles. The molecule has 1 amide bonds. The maximum atomic E-state index is 11.7. The molecule has 16 heavy (non-hydrogen) atoms. The largest absolute Gasteiger partial charge is 0.351 e.